The molecule has 0 radical (unpaired) electrons. The van der Waals surface area contributed by atoms with Gasteiger partial charge in [-0.05, 0) is 58.8 Å². The van der Waals surface area contributed by atoms with Crippen LogP contribution in [0.2, 0.25) is 10.1 Å². The molecule has 2 N–H and O–H groups in total. The van der Waals surface area contributed by atoms with E-state index in [-0.39, 0.29) is 35.3 Å². The molecule has 3 aromatic carbocycles. The second kappa shape index (κ2) is 12.7. The molecule has 3 aromatic rings. The maximum Gasteiger partial charge on any atom is 0.261 e. The maximum atomic E-state index is 14.3. The highest BCUT2D eigenvalue weighted by Gasteiger charge is 2.68. The highest BCUT2D eigenvalue weighted by Crippen LogP contribution is 2.59. The molecule has 0 bridgehead atoms. The lowest BCUT2D eigenvalue weighted by atomic mass is 9.64. The van der Waals surface area contributed by atoms with Gasteiger partial charge in [0.15, 0.2) is 5.79 Å². The van der Waals surface area contributed by atoms with Crippen LogP contribution in [0.25, 0.3) is 0 Å². The maximum absolute atomic E-state index is 14.3. The van der Waals surface area contributed by atoms with Crippen molar-refractivity contribution < 1.29 is 29.0 Å². The zero-order chi connectivity index (χ0) is 33.8. The molecule has 2 heterocycles. The van der Waals surface area contributed by atoms with Crippen molar-refractivity contribution in [1.82, 2.24) is 4.90 Å². The van der Waals surface area contributed by atoms with E-state index in [1.54, 1.807) is 17.0 Å². The van der Waals surface area contributed by atoms with Crippen LogP contribution in [0.5, 0.6) is 5.75 Å². The number of rotatable bonds is 7. The van der Waals surface area contributed by atoms with Crippen molar-refractivity contribution in [1.29, 1.82) is 0 Å². The number of imide groups is 1. The van der Waals surface area contributed by atoms with E-state index in [0.717, 1.165) is 42.5 Å². The molecule has 9 heteroatoms. The van der Waals surface area contributed by atoms with Crippen molar-refractivity contribution in [2.45, 2.75) is 88.7 Å². The molecule has 2 aliphatic heterocycles. The summed E-state index contributed by atoms with van der Waals surface area (Å²) in [7, 11) is -2.99. The molecule has 2 saturated carbocycles. The molecule has 6 atom stereocenters. The average molecular weight is 688 g/mol. The largest absolute Gasteiger partial charge is 0.508 e. The molecule has 48 heavy (non-hydrogen) atoms. The van der Waals surface area contributed by atoms with Crippen LogP contribution >= 0.6 is 11.6 Å². The number of fused-ring (bicyclic) bond motifs is 3. The van der Waals surface area contributed by atoms with Gasteiger partial charge in [0.25, 0.3) is 8.32 Å². The van der Waals surface area contributed by atoms with Crippen molar-refractivity contribution in [2.75, 3.05) is 6.61 Å². The molecule has 2 aliphatic carbocycles. The Morgan fingerprint density at radius 1 is 0.917 bits per heavy atom. The minimum atomic E-state index is -2.99. The van der Waals surface area contributed by atoms with Crippen LogP contribution in [0.1, 0.15) is 77.4 Å². The van der Waals surface area contributed by atoms with Gasteiger partial charge in [-0.1, -0.05) is 118 Å². The van der Waals surface area contributed by atoms with E-state index >= 15 is 0 Å². The third-order valence-electron chi connectivity index (χ3n) is 11.6. The quantitative estimate of drug-likeness (QED) is 0.222. The Balaban J connectivity index is 1.29. The predicted molar refractivity (Wildman–Crippen MR) is 187 cm³/mol. The predicted octanol–water partition coefficient (Wildman–Crippen LogP) is 6.34. The highest BCUT2D eigenvalue weighted by atomic mass is 35.5. The van der Waals surface area contributed by atoms with Gasteiger partial charge in [0, 0.05) is 24.5 Å². The number of halogens is 1. The lowest BCUT2D eigenvalue weighted by Crippen LogP contribution is -2.67. The molecular weight excluding hydrogens is 642 g/mol. The zero-order valence-electron chi connectivity index (χ0n) is 28.0. The Labute approximate surface area is 289 Å². The molecule has 0 unspecified atom stereocenters. The first-order chi connectivity index (χ1) is 23.0. The summed E-state index contributed by atoms with van der Waals surface area (Å²) in [6, 6.07) is 25.4. The number of ether oxygens (including phenoxy) is 1. The Kier molecular flexibility index (Phi) is 8.86. The van der Waals surface area contributed by atoms with Gasteiger partial charge in [-0.3, -0.25) is 14.5 Å². The zero-order valence-corrected chi connectivity index (χ0v) is 29.7. The number of carbonyl (C=O) groups is 2. The Morgan fingerprint density at radius 2 is 1.54 bits per heavy atom. The van der Waals surface area contributed by atoms with Crippen LogP contribution in [0.3, 0.4) is 0 Å². The van der Waals surface area contributed by atoms with Crippen molar-refractivity contribution in [3.63, 3.8) is 0 Å². The second-order valence-electron chi connectivity index (χ2n) is 15.3. The van der Waals surface area contributed by atoms with Gasteiger partial charge in [-0.25, -0.2) is 0 Å². The van der Waals surface area contributed by atoms with Crippen LogP contribution in [0, 0.1) is 23.7 Å². The third-order valence-corrected chi connectivity index (χ3v) is 16.9. The lowest BCUT2D eigenvalue weighted by Gasteiger charge is -2.48. The van der Waals surface area contributed by atoms with Crippen LogP contribution in [-0.4, -0.2) is 53.7 Å². The SMILES string of the molecule is CC(C)(C)[Si](OC[C@H]1C[C@@H]2C(=O)N(C3CCCCC3)C(=O)[C@@H]2[C@@H]2C[C@@H](c3ccc(O)cc3Cl)O[C@]12O)(c1ccccc1)c1ccccc1. The van der Waals surface area contributed by atoms with Crippen molar-refractivity contribution in [2.24, 2.45) is 23.7 Å². The summed E-state index contributed by atoms with van der Waals surface area (Å²) in [5, 5.41) is 25.1. The van der Waals surface area contributed by atoms with Crippen molar-refractivity contribution in [3.8, 4) is 5.75 Å². The molecule has 2 amide bonds. The van der Waals surface area contributed by atoms with Crippen molar-refractivity contribution >= 4 is 42.1 Å². The standard InChI is InChI=1S/C39H46ClNO6Si/c1-38(2,3)48(28-15-9-5-10-16-28,29-17-11-6-12-18-29)46-24-25-21-31-35(37(44)41(36(31)43)26-13-7-4-8-14-26)32-23-34(47-39(25,32)45)30-20-19-27(42)22-33(30)40/h5-6,9-12,15-20,22,25-26,31-32,34-35,42,45H,4,7-8,13-14,21,23-24H2,1-3H3/t25-,31+,32+,34+,35+,39-/m1/s1. The van der Waals surface area contributed by atoms with Gasteiger partial charge >= 0.3 is 0 Å². The smallest absolute Gasteiger partial charge is 0.261 e. The summed E-state index contributed by atoms with van der Waals surface area (Å²) in [6.07, 6.45) is 4.78. The minimum Gasteiger partial charge on any atom is -0.508 e. The van der Waals surface area contributed by atoms with Gasteiger partial charge < -0.3 is 19.4 Å². The minimum absolute atomic E-state index is 0.0363. The summed E-state index contributed by atoms with van der Waals surface area (Å²) in [5.74, 6) is -4.39. The van der Waals surface area contributed by atoms with E-state index in [2.05, 4.69) is 45.0 Å². The molecule has 254 valence electrons. The topological polar surface area (TPSA) is 96.3 Å². The number of benzene rings is 3. The summed E-state index contributed by atoms with van der Waals surface area (Å²) < 4.78 is 14.0. The molecule has 2 saturated heterocycles. The molecule has 0 spiro atoms. The number of likely N-dealkylation sites (tertiary alicyclic amines) is 1. The van der Waals surface area contributed by atoms with Crippen LogP contribution in [0.4, 0.5) is 0 Å². The fourth-order valence-corrected chi connectivity index (χ4v) is 14.3. The van der Waals surface area contributed by atoms with Crippen molar-refractivity contribution in [3.05, 3.63) is 89.4 Å². The average Bonchev–Trinajstić information content (AvgIpc) is 3.55. The molecular formula is C39H46ClNO6Si. The summed E-state index contributed by atoms with van der Waals surface area (Å²) in [5.41, 5.74) is 0.640. The van der Waals surface area contributed by atoms with Gasteiger partial charge in [0.05, 0.1) is 23.0 Å². The summed E-state index contributed by atoms with van der Waals surface area (Å²) in [4.78, 5) is 30.1. The second-order valence-corrected chi connectivity index (χ2v) is 20.0. The Hall–Kier alpha value is -3.01. The summed E-state index contributed by atoms with van der Waals surface area (Å²) >= 11 is 6.61. The highest BCUT2D eigenvalue weighted by molar-refractivity contribution is 6.99. The molecule has 4 aliphatic rings. The number of phenols is 1. The first-order valence-electron chi connectivity index (χ1n) is 17.5. The number of hydrogen-bond donors (Lipinski definition) is 2. The first kappa shape index (κ1) is 33.5. The van der Waals surface area contributed by atoms with Crippen LogP contribution in [-0.2, 0) is 18.8 Å². The van der Waals surface area contributed by atoms with Gasteiger partial charge in [-0.2, -0.15) is 0 Å². The van der Waals surface area contributed by atoms with E-state index in [1.165, 1.54) is 6.07 Å². The normalized spacial score (nSPS) is 29.6. The first-order valence-corrected chi connectivity index (χ1v) is 19.7. The molecule has 0 aromatic heterocycles. The molecule has 4 fully saturated rings. The fraction of sp³-hybridized carbons (Fsp3) is 0.487. The fourth-order valence-electron chi connectivity index (χ4n) is 9.36. The molecule has 7 nitrogen and oxygen atoms in total. The number of aromatic hydroxyl groups is 1. The number of hydrogen-bond acceptors (Lipinski definition) is 6. The van der Waals surface area contributed by atoms with E-state index in [4.69, 9.17) is 20.8 Å². The van der Waals surface area contributed by atoms with Crippen LogP contribution in [0.15, 0.2) is 78.9 Å². The van der Waals surface area contributed by atoms with E-state index in [0.29, 0.717) is 23.4 Å². The number of nitrogens with zero attached hydrogens (tertiary/aromatic N) is 1. The van der Waals surface area contributed by atoms with Crippen LogP contribution < -0.4 is 10.4 Å². The van der Waals surface area contributed by atoms with E-state index in [9.17, 15) is 19.8 Å². The van der Waals surface area contributed by atoms with E-state index in [1.807, 2.05) is 36.4 Å². The Morgan fingerprint density at radius 3 is 2.12 bits per heavy atom. The van der Waals surface area contributed by atoms with E-state index < -0.39 is 43.9 Å². The third kappa shape index (κ3) is 5.44. The van der Waals surface area contributed by atoms with Gasteiger partial charge in [0.1, 0.15) is 5.75 Å². The monoisotopic (exact) mass is 687 g/mol. The number of aliphatic hydroxyl groups is 1. The number of phenolic OH excluding ortho intramolecular Hbond substituents is 1. The summed E-state index contributed by atoms with van der Waals surface area (Å²) in [6.45, 7) is 6.79. The number of carbonyl (C=O) groups excluding carboxylic acids is 2. The van der Waals surface area contributed by atoms with Gasteiger partial charge in [-0.15, -0.1) is 0 Å². The van der Waals surface area contributed by atoms with Gasteiger partial charge in [0.2, 0.25) is 11.8 Å². The Bertz CT molecular complexity index is 1620. The lowest BCUT2D eigenvalue weighted by molar-refractivity contribution is -0.273. The molecule has 7 rings (SSSR count). The number of amides is 2.